The Morgan fingerprint density at radius 1 is 1.21 bits per heavy atom. The Bertz CT molecular complexity index is 368. The molecule has 1 unspecified atom stereocenters. The van der Waals surface area contributed by atoms with E-state index in [4.69, 9.17) is 11.6 Å². The lowest BCUT2D eigenvalue weighted by molar-refractivity contribution is 0.436. The maximum Gasteiger partial charge on any atom is 0.144 e. The van der Waals surface area contributed by atoms with Crippen LogP contribution < -0.4 is 5.32 Å². The van der Waals surface area contributed by atoms with Crippen LogP contribution >= 0.6 is 11.6 Å². The first-order valence-electron chi connectivity index (χ1n) is 7.35. The molecule has 1 aromatic carbocycles. The highest BCUT2D eigenvalue weighted by Crippen LogP contribution is 2.20. The van der Waals surface area contributed by atoms with Crippen LogP contribution in [0.15, 0.2) is 18.2 Å². The van der Waals surface area contributed by atoms with Gasteiger partial charge in [-0.15, -0.1) is 0 Å². The molecule has 1 atom stereocenters. The van der Waals surface area contributed by atoms with Crippen LogP contribution in [0.3, 0.4) is 0 Å². The molecule has 19 heavy (non-hydrogen) atoms. The van der Waals surface area contributed by atoms with Crippen molar-refractivity contribution in [1.82, 2.24) is 5.32 Å². The Hall–Kier alpha value is -0.600. The zero-order valence-corrected chi connectivity index (χ0v) is 12.8. The minimum atomic E-state index is -0.252. The number of hydrogen-bond donors (Lipinski definition) is 1. The Labute approximate surface area is 121 Å². The molecule has 0 saturated heterocycles. The fraction of sp³-hybridized carbons (Fsp3) is 0.625. The van der Waals surface area contributed by atoms with E-state index < -0.39 is 0 Å². The summed E-state index contributed by atoms with van der Waals surface area (Å²) in [6.07, 6.45) is 6.40. The van der Waals surface area contributed by atoms with Crippen molar-refractivity contribution >= 4 is 11.6 Å². The van der Waals surface area contributed by atoms with Crippen molar-refractivity contribution in [1.29, 1.82) is 0 Å². The van der Waals surface area contributed by atoms with Gasteiger partial charge in [-0.3, -0.25) is 0 Å². The molecule has 0 spiro atoms. The zero-order chi connectivity index (χ0) is 14.1. The number of rotatable bonds is 9. The lowest BCUT2D eigenvalue weighted by Gasteiger charge is -2.17. The van der Waals surface area contributed by atoms with Crippen molar-refractivity contribution in [3.63, 3.8) is 0 Å². The van der Waals surface area contributed by atoms with Crippen LogP contribution in [-0.2, 0) is 6.42 Å². The summed E-state index contributed by atoms with van der Waals surface area (Å²) in [7, 11) is 0. The molecule has 108 valence electrons. The van der Waals surface area contributed by atoms with Gasteiger partial charge in [-0.25, -0.2) is 4.39 Å². The number of halogens is 2. The van der Waals surface area contributed by atoms with Crippen LogP contribution in [0.5, 0.6) is 0 Å². The monoisotopic (exact) mass is 285 g/mol. The minimum Gasteiger partial charge on any atom is -0.314 e. The Morgan fingerprint density at radius 2 is 2.00 bits per heavy atom. The molecule has 0 aliphatic heterocycles. The molecule has 0 aliphatic carbocycles. The van der Waals surface area contributed by atoms with Crippen LogP contribution in [0.25, 0.3) is 0 Å². The molecular weight excluding hydrogens is 261 g/mol. The van der Waals surface area contributed by atoms with Crippen molar-refractivity contribution in [2.45, 2.75) is 58.4 Å². The molecule has 0 fully saturated rings. The lowest BCUT2D eigenvalue weighted by atomic mass is 10.0. The summed E-state index contributed by atoms with van der Waals surface area (Å²) in [4.78, 5) is 0. The normalized spacial score (nSPS) is 12.6. The molecule has 0 amide bonds. The van der Waals surface area contributed by atoms with E-state index in [2.05, 4.69) is 19.2 Å². The molecule has 1 rings (SSSR count). The van der Waals surface area contributed by atoms with E-state index in [0.29, 0.717) is 6.04 Å². The largest absolute Gasteiger partial charge is 0.314 e. The van der Waals surface area contributed by atoms with Gasteiger partial charge in [0.25, 0.3) is 0 Å². The Balaban J connectivity index is 2.40. The SMILES string of the molecule is CCCNC(CCC)CCCc1cccc(Cl)c1F. The minimum absolute atomic E-state index is 0.228. The molecular formula is C16H25ClFN. The van der Waals surface area contributed by atoms with Crippen LogP contribution in [0.2, 0.25) is 5.02 Å². The van der Waals surface area contributed by atoms with Crippen LogP contribution in [0.4, 0.5) is 4.39 Å². The fourth-order valence-electron chi connectivity index (χ4n) is 2.33. The second-order valence-electron chi connectivity index (χ2n) is 5.04. The van der Waals surface area contributed by atoms with Gasteiger partial charge in [0.05, 0.1) is 5.02 Å². The van der Waals surface area contributed by atoms with Crippen LogP contribution in [0.1, 0.15) is 51.5 Å². The summed E-state index contributed by atoms with van der Waals surface area (Å²) < 4.78 is 13.7. The summed E-state index contributed by atoms with van der Waals surface area (Å²) in [6.45, 7) is 5.45. The van der Waals surface area contributed by atoms with Gasteiger partial charge in [0.2, 0.25) is 0 Å². The highest BCUT2D eigenvalue weighted by Gasteiger charge is 2.09. The molecule has 0 bridgehead atoms. The molecule has 1 aromatic rings. The Kier molecular flexibility index (Phi) is 8.08. The molecule has 3 heteroatoms. The molecule has 0 heterocycles. The standard InChI is InChI=1S/C16H25ClFN/c1-3-7-14(19-12-4-2)10-5-8-13-9-6-11-15(17)16(13)18/h6,9,11,14,19H,3-5,7-8,10,12H2,1-2H3. The van der Waals surface area contributed by atoms with Gasteiger partial charge in [0, 0.05) is 6.04 Å². The van der Waals surface area contributed by atoms with Crippen molar-refractivity contribution in [3.8, 4) is 0 Å². The number of nitrogens with one attached hydrogen (secondary N) is 1. The van der Waals surface area contributed by atoms with E-state index in [1.54, 1.807) is 6.07 Å². The van der Waals surface area contributed by atoms with Crippen molar-refractivity contribution in [3.05, 3.63) is 34.6 Å². The third-order valence-electron chi connectivity index (χ3n) is 3.35. The van der Waals surface area contributed by atoms with Gasteiger partial charge in [0.1, 0.15) is 5.82 Å². The van der Waals surface area contributed by atoms with E-state index in [9.17, 15) is 4.39 Å². The van der Waals surface area contributed by atoms with Crippen molar-refractivity contribution in [2.24, 2.45) is 0 Å². The summed E-state index contributed by atoms with van der Waals surface area (Å²) in [5, 5.41) is 3.79. The first-order chi connectivity index (χ1) is 9.19. The van der Waals surface area contributed by atoms with Gasteiger partial charge in [0.15, 0.2) is 0 Å². The number of hydrogen-bond acceptors (Lipinski definition) is 1. The van der Waals surface area contributed by atoms with Gasteiger partial charge < -0.3 is 5.32 Å². The van der Waals surface area contributed by atoms with E-state index >= 15 is 0 Å². The summed E-state index contributed by atoms with van der Waals surface area (Å²) in [6, 6.07) is 5.81. The third kappa shape index (κ3) is 5.92. The molecule has 0 radical (unpaired) electrons. The average molecular weight is 286 g/mol. The number of benzene rings is 1. The molecule has 0 aliphatic rings. The van der Waals surface area contributed by atoms with Gasteiger partial charge in [-0.2, -0.15) is 0 Å². The summed E-state index contributed by atoms with van der Waals surface area (Å²) in [5.41, 5.74) is 0.734. The second kappa shape index (κ2) is 9.33. The smallest absolute Gasteiger partial charge is 0.144 e. The highest BCUT2D eigenvalue weighted by molar-refractivity contribution is 6.30. The van der Waals surface area contributed by atoms with Crippen molar-refractivity contribution < 1.29 is 4.39 Å². The first-order valence-corrected chi connectivity index (χ1v) is 7.73. The van der Waals surface area contributed by atoms with E-state index in [-0.39, 0.29) is 10.8 Å². The maximum absolute atomic E-state index is 13.7. The predicted octanol–water partition coefficient (Wildman–Crippen LogP) is 4.97. The second-order valence-corrected chi connectivity index (χ2v) is 5.45. The molecule has 0 aromatic heterocycles. The van der Waals surface area contributed by atoms with Crippen LogP contribution in [0, 0.1) is 5.82 Å². The van der Waals surface area contributed by atoms with Crippen LogP contribution in [-0.4, -0.2) is 12.6 Å². The Morgan fingerprint density at radius 3 is 2.68 bits per heavy atom. The fourth-order valence-corrected chi connectivity index (χ4v) is 2.52. The summed E-state index contributed by atoms with van der Waals surface area (Å²) >= 11 is 5.79. The van der Waals surface area contributed by atoms with E-state index in [0.717, 1.165) is 37.8 Å². The third-order valence-corrected chi connectivity index (χ3v) is 3.64. The van der Waals surface area contributed by atoms with E-state index in [1.807, 2.05) is 12.1 Å². The van der Waals surface area contributed by atoms with E-state index in [1.165, 1.54) is 12.8 Å². The summed E-state index contributed by atoms with van der Waals surface area (Å²) in [5.74, 6) is -0.252. The van der Waals surface area contributed by atoms with Gasteiger partial charge in [-0.1, -0.05) is 44.0 Å². The van der Waals surface area contributed by atoms with Crippen molar-refractivity contribution in [2.75, 3.05) is 6.54 Å². The zero-order valence-electron chi connectivity index (χ0n) is 12.0. The van der Waals surface area contributed by atoms with Gasteiger partial charge >= 0.3 is 0 Å². The molecule has 0 saturated carbocycles. The topological polar surface area (TPSA) is 12.0 Å². The first kappa shape index (κ1) is 16.5. The average Bonchev–Trinajstić information content (AvgIpc) is 2.40. The quantitative estimate of drug-likeness (QED) is 0.675. The highest BCUT2D eigenvalue weighted by atomic mass is 35.5. The molecule has 1 N–H and O–H groups in total. The predicted molar refractivity (Wildman–Crippen MR) is 81.3 cm³/mol. The maximum atomic E-state index is 13.7. The van der Waals surface area contributed by atoms with Gasteiger partial charge in [-0.05, 0) is 50.3 Å². The molecule has 1 nitrogen and oxygen atoms in total. The number of aryl methyl sites for hydroxylation is 1. The lowest BCUT2D eigenvalue weighted by Crippen LogP contribution is -2.29.